The summed E-state index contributed by atoms with van der Waals surface area (Å²) < 4.78 is 20.2. The fourth-order valence-corrected chi connectivity index (χ4v) is 5.76. The zero-order chi connectivity index (χ0) is 29.9. The number of rotatable bonds is 9. The zero-order valence-electron chi connectivity index (χ0n) is 27.0. The van der Waals surface area contributed by atoms with Crippen molar-refractivity contribution in [3.63, 3.8) is 0 Å². The van der Waals surface area contributed by atoms with Gasteiger partial charge in [0.25, 0.3) is 0 Å². The molecule has 0 aromatic heterocycles. The molecule has 0 amide bonds. The van der Waals surface area contributed by atoms with Gasteiger partial charge in [-0.2, -0.15) is 0 Å². The monoisotopic (exact) mass is 562 g/mol. The Hall–Kier alpha value is -2.51. The van der Waals surface area contributed by atoms with Crippen molar-refractivity contribution >= 4 is 8.60 Å². The lowest BCUT2D eigenvalue weighted by atomic mass is 9.85. The van der Waals surface area contributed by atoms with E-state index in [1.165, 1.54) is 16.7 Å². The molecule has 3 rings (SSSR count). The normalized spacial score (nSPS) is 12.5. The van der Waals surface area contributed by atoms with Gasteiger partial charge >= 0.3 is 8.60 Å². The highest BCUT2D eigenvalue weighted by Crippen LogP contribution is 2.49. The molecule has 0 unspecified atom stereocenters. The van der Waals surface area contributed by atoms with Crippen LogP contribution in [0.2, 0.25) is 0 Å². The summed E-state index contributed by atoms with van der Waals surface area (Å²) in [5, 5.41) is 0. The van der Waals surface area contributed by atoms with Gasteiger partial charge in [0.1, 0.15) is 17.2 Å². The molecular formula is C36H51O3P. The quantitative estimate of drug-likeness (QED) is 0.243. The van der Waals surface area contributed by atoms with Crippen LogP contribution in [0.25, 0.3) is 0 Å². The van der Waals surface area contributed by atoms with Crippen molar-refractivity contribution in [2.75, 3.05) is 0 Å². The maximum atomic E-state index is 6.75. The average Bonchev–Trinajstić information content (AvgIpc) is 2.87. The average molecular weight is 563 g/mol. The molecule has 0 spiro atoms. The summed E-state index contributed by atoms with van der Waals surface area (Å²) >= 11 is 0. The number of hydrogen-bond acceptors (Lipinski definition) is 3. The molecule has 0 aliphatic heterocycles. The lowest BCUT2D eigenvalue weighted by molar-refractivity contribution is 0.372. The van der Waals surface area contributed by atoms with Crippen LogP contribution in [0.15, 0.2) is 54.6 Å². The second-order valence-corrected chi connectivity index (χ2v) is 14.8. The molecule has 4 heteroatoms. The van der Waals surface area contributed by atoms with E-state index in [-0.39, 0.29) is 16.2 Å². The molecule has 0 atom stereocenters. The lowest BCUT2D eigenvalue weighted by Crippen LogP contribution is -2.17. The van der Waals surface area contributed by atoms with E-state index in [1.807, 2.05) is 0 Å². The SMILES string of the molecule is CCc1ccc(OP(Oc2ccc(CC)cc2C(C)(C)C)Oc2ccc(CC)cc2C(C)(C)C)c(C(C)(C)C)c1. The molecule has 0 saturated heterocycles. The Bertz CT molecular complexity index is 1130. The highest BCUT2D eigenvalue weighted by Gasteiger charge is 2.30. The van der Waals surface area contributed by atoms with E-state index in [0.29, 0.717) is 0 Å². The van der Waals surface area contributed by atoms with Crippen molar-refractivity contribution < 1.29 is 13.6 Å². The third-order valence-electron chi connectivity index (χ3n) is 7.30. The predicted octanol–water partition coefficient (Wildman–Crippen LogP) is 11.0. The van der Waals surface area contributed by atoms with E-state index in [0.717, 1.165) is 53.2 Å². The Morgan fingerprint density at radius 1 is 0.450 bits per heavy atom. The molecule has 0 saturated carbocycles. The third kappa shape index (κ3) is 8.03. The van der Waals surface area contributed by atoms with Gasteiger partial charge in [-0.1, -0.05) is 119 Å². The van der Waals surface area contributed by atoms with E-state index in [9.17, 15) is 0 Å². The molecular weight excluding hydrogens is 511 g/mol. The molecule has 0 aliphatic rings. The second kappa shape index (κ2) is 12.6. The van der Waals surface area contributed by atoms with E-state index < -0.39 is 8.60 Å². The third-order valence-corrected chi connectivity index (χ3v) is 8.34. The fraction of sp³-hybridized carbons (Fsp3) is 0.500. The van der Waals surface area contributed by atoms with E-state index in [1.54, 1.807) is 0 Å². The summed E-state index contributed by atoms with van der Waals surface area (Å²) in [6.07, 6.45) is 2.92. The van der Waals surface area contributed by atoms with Gasteiger partial charge in [-0.05, 0) is 70.4 Å². The molecule has 218 valence electrons. The standard InChI is InChI=1S/C36H51O3P/c1-13-25-16-19-31(28(22-25)34(4,5)6)37-40(38-32-20-17-26(14-2)23-29(32)35(7,8)9)39-33-21-18-27(15-3)24-30(33)36(10,11)12/h16-24H,13-15H2,1-12H3. The summed E-state index contributed by atoms with van der Waals surface area (Å²) in [7, 11) is -1.82. The van der Waals surface area contributed by atoms with E-state index in [4.69, 9.17) is 13.6 Å². The van der Waals surface area contributed by atoms with Crippen molar-refractivity contribution in [2.45, 2.75) is 119 Å². The maximum absolute atomic E-state index is 6.75. The Morgan fingerprint density at radius 2 is 0.700 bits per heavy atom. The smallest absolute Gasteiger partial charge is 0.408 e. The van der Waals surface area contributed by atoms with Crippen molar-refractivity contribution in [3.8, 4) is 17.2 Å². The summed E-state index contributed by atoms with van der Waals surface area (Å²) in [4.78, 5) is 0. The first-order chi connectivity index (χ1) is 18.6. The molecule has 3 aromatic rings. The first-order valence-electron chi connectivity index (χ1n) is 14.8. The second-order valence-electron chi connectivity index (χ2n) is 13.8. The van der Waals surface area contributed by atoms with Gasteiger partial charge in [0.05, 0.1) is 0 Å². The molecule has 0 fully saturated rings. The maximum Gasteiger partial charge on any atom is 0.530 e. The topological polar surface area (TPSA) is 27.7 Å². The van der Waals surface area contributed by atoms with E-state index in [2.05, 4.69) is 138 Å². The minimum atomic E-state index is -1.82. The number of benzene rings is 3. The number of aryl methyl sites for hydroxylation is 3. The van der Waals surface area contributed by atoms with Crippen LogP contribution in [-0.2, 0) is 35.5 Å². The summed E-state index contributed by atoms with van der Waals surface area (Å²) in [6.45, 7) is 26.6. The Kier molecular flexibility index (Phi) is 10.1. The Morgan fingerprint density at radius 3 is 0.900 bits per heavy atom. The largest absolute Gasteiger partial charge is 0.530 e. The minimum Gasteiger partial charge on any atom is -0.408 e. The van der Waals surface area contributed by atoms with Crippen LogP contribution < -0.4 is 13.6 Å². The molecule has 40 heavy (non-hydrogen) atoms. The first kappa shape index (κ1) is 32.0. The lowest BCUT2D eigenvalue weighted by Gasteiger charge is -2.29. The summed E-state index contributed by atoms with van der Waals surface area (Å²) in [5.41, 5.74) is 7.04. The van der Waals surface area contributed by atoms with Crippen LogP contribution in [0.4, 0.5) is 0 Å². The van der Waals surface area contributed by atoms with Gasteiger partial charge in [0, 0.05) is 16.7 Å². The van der Waals surface area contributed by atoms with Crippen molar-refractivity contribution in [1.82, 2.24) is 0 Å². The van der Waals surface area contributed by atoms with Gasteiger partial charge in [-0.25, -0.2) is 0 Å². The van der Waals surface area contributed by atoms with Crippen LogP contribution >= 0.6 is 8.60 Å². The Labute approximate surface area is 245 Å². The molecule has 3 aromatic carbocycles. The molecule has 0 radical (unpaired) electrons. The van der Waals surface area contributed by atoms with Gasteiger partial charge < -0.3 is 13.6 Å². The van der Waals surface area contributed by atoms with Gasteiger partial charge in [0.2, 0.25) is 0 Å². The van der Waals surface area contributed by atoms with Crippen molar-refractivity contribution in [3.05, 3.63) is 88.0 Å². The van der Waals surface area contributed by atoms with Crippen LogP contribution in [0.1, 0.15) is 116 Å². The predicted molar refractivity (Wildman–Crippen MR) is 172 cm³/mol. The summed E-state index contributed by atoms with van der Waals surface area (Å²) in [5.74, 6) is 2.42. The van der Waals surface area contributed by atoms with E-state index >= 15 is 0 Å². The fourth-order valence-electron chi connectivity index (χ4n) is 4.69. The summed E-state index contributed by atoms with van der Waals surface area (Å²) in [6, 6.07) is 19.5. The molecule has 3 nitrogen and oxygen atoms in total. The highest BCUT2D eigenvalue weighted by atomic mass is 31.2. The van der Waals surface area contributed by atoms with Crippen LogP contribution in [0.3, 0.4) is 0 Å². The first-order valence-corrected chi connectivity index (χ1v) is 15.9. The molecule has 0 bridgehead atoms. The molecule has 0 heterocycles. The molecule has 0 N–H and O–H groups in total. The van der Waals surface area contributed by atoms with Crippen molar-refractivity contribution in [1.29, 1.82) is 0 Å². The molecule has 0 aliphatic carbocycles. The van der Waals surface area contributed by atoms with Gasteiger partial charge in [-0.15, -0.1) is 0 Å². The van der Waals surface area contributed by atoms with Crippen molar-refractivity contribution in [2.24, 2.45) is 0 Å². The Balaban J connectivity index is 2.14. The van der Waals surface area contributed by atoms with Crippen LogP contribution in [0, 0.1) is 0 Å². The van der Waals surface area contributed by atoms with Crippen LogP contribution in [0.5, 0.6) is 17.2 Å². The number of hydrogen-bond donors (Lipinski definition) is 0. The van der Waals surface area contributed by atoms with Crippen LogP contribution in [-0.4, -0.2) is 0 Å². The van der Waals surface area contributed by atoms with Gasteiger partial charge in [-0.3, -0.25) is 0 Å². The zero-order valence-corrected chi connectivity index (χ0v) is 27.9. The minimum absolute atomic E-state index is 0.0970. The van der Waals surface area contributed by atoms with Gasteiger partial charge in [0.15, 0.2) is 0 Å². The highest BCUT2D eigenvalue weighted by molar-refractivity contribution is 7.43.